The molecular weight excluding hydrogens is 417 g/mol. The van der Waals surface area contributed by atoms with E-state index in [1.807, 2.05) is 18.2 Å². The van der Waals surface area contributed by atoms with Gasteiger partial charge in [0.1, 0.15) is 11.6 Å². The van der Waals surface area contributed by atoms with Crippen LogP contribution in [0.3, 0.4) is 0 Å². The highest BCUT2D eigenvalue weighted by Gasteiger charge is 2.31. The van der Waals surface area contributed by atoms with Gasteiger partial charge < -0.3 is 15.4 Å². The molecule has 0 unspecified atom stereocenters. The van der Waals surface area contributed by atoms with E-state index in [0.29, 0.717) is 40.6 Å². The van der Waals surface area contributed by atoms with E-state index in [1.54, 1.807) is 18.2 Å². The van der Waals surface area contributed by atoms with Gasteiger partial charge in [0.15, 0.2) is 0 Å². The van der Waals surface area contributed by atoms with Crippen molar-refractivity contribution in [2.45, 2.75) is 31.8 Å². The fourth-order valence-electron chi connectivity index (χ4n) is 2.85. The molecule has 0 bridgehead atoms. The number of alkyl halides is 3. The van der Waals surface area contributed by atoms with Crippen molar-refractivity contribution < 1.29 is 17.9 Å². The molecule has 3 aromatic rings. The maximum absolute atomic E-state index is 12.6. The Balaban J connectivity index is 1.60. The minimum atomic E-state index is -4.76. The van der Waals surface area contributed by atoms with Gasteiger partial charge in [-0.3, -0.25) is 0 Å². The molecule has 1 aliphatic carbocycles. The van der Waals surface area contributed by atoms with Crippen LogP contribution in [0.2, 0.25) is 5.02 Å². The van der Waals surface area contributed by atoms with Crippen molar-refractivity contribution in [3.63, 3.8) is 0 Å². The lowest BCUT2D eigenvalue weighted by Crippen LogP contribution is -2.17. The molecule has 9 heteroatoms. The third kappa shape index (κ3) is 5.76. The second-order valence-corrected chi connectivity index (χ2v) is 7.38. The van der Waals surface area contributed by atoms with Crippen LogP contribution in [0.5, 0.6) is 5.75 Å². The van der Waals surface area contributed by atoms with Gasteiger partial charge in [-0.25, -0.2) is 4.98 Å². The lowest BCUT2D eigenvalue weighted by Gasteiger charge is -2.13. The topological polar surface area (TPSA) is 59.1 Å². The quantitative estimate of drug-likeness (QED) is 0.486. The van der Waals surface area contributed by atoms with E-state index in [4.69, 9.17) is 11.6 Å². The summed E-state index contributed by atoms with van der Waals surface area (Å²) in [5, 5.41) is 7.09. The molecule has 1 heterocycles. The number of benzene rings is 2. The van der Waals surface area contributed by atoms with E-state index < -0.39 is 6.36 Å². The lowest BCUT2D eigenvalue weighted by molar-refractivity contribution is -0.274. The Hall–Kier alpha value is -3.00. The molecule has 1 saturated carbocycles. The summed E-state index contributed by atoms with van der Waals surface area (Å²) in [7, 11) is 0. The second-order valence-electron chi connectivity index (χ2n) is 6.94. The Labute approximate surface area is 176 Å². The van der Waals surface area contributed by atoms with Crippen LogP contribution in [0.25, 0.3) is 11.3 Å². The number of aromatic nitrogens is 2. The number of hydrogen-bond donors (Lipinski definition) is 2. The molecular formula is C21H18ClF3N4O. The van der Waals surface area contributed by atoms with Crippen molar-refractivity contribution >= 4 is 23.4 Å². The summed E-state index contributed by atoms with van der Waals surface area (Å²) in [4.78, 5) is 8.95. The fraction of sp³-hybridized carbons (Fsp3) is 0.238. The maximum atomic E-state index is 12.6. The van der Waals surface area contributed by atoms with Crippen molar-refractivity contribution in [2.75, 3.05) is 10.6 Å². The van der Waals surface area contributed by atoms with Crippen LogP contribution in [0, 0.1) is 0 Å². The molecule has 0 spiro atoms. The van der Waals surface area contributed by atoms with Gasteiger partial charge in [-0.15, -0.1) is 13.2 Å². The molecule has 4 rings (SSSR count). The highest BCUT2D eigenvalue weighted by molar-refractivity contribution is 6.30. The predicted octanol–water partition coefficient (Wildman–Crippen LogP) is 5.88. The molecule has 1 aliphatic rings. The Bertz CT molecular complexity index is 1040. The minimum absolute atomic E-state index is 0.302. The number of halogens is 4. The third-order valence-electron chi connectivity index (χ3n) is 4.36. The number of anilines is 2. The van der Waals surface area contributed by atoms with E-state index in [2.05, 4.69) is 25.3 Å². The Kier molecular flexibility index (Phi) is 5.67. The lowest BCUT2D eigenvalue weighted by atomic mass is 10.1. The van der Waals surface area contributed by atoms with Crippen molar-refractivity contribution in [1.82, 2.24) is 9.97 Å². The van der Waals surface area contributed by atoms with E-state index in [-0.39, 0.29) is 5.75 Å². The molecule has 0 radical (unpaired) electrons. The molecule has 0 amide bonds. The van der Waals surface area contributed by atoms with Crippen molar-refractivity contribution in [3.8, 4) is 17.0 Å². The number of rotatable bonds is 7. The summed E-state index contributed by atoms with van der Waals surface area (Å²) >= 11 is 6.03. The number of nitrogens with one attached hydrogen (secondary N) is 2. The molecule has 156 valence electrons. The summed E-state index contributed by atoms with van der Waals surface area (Å²) in [6.45, 7) is 0.483. The second kappa shape index (κ2) is 8.39. The SMILES string of the molecule is FC(F)(F)Oc1cccc(-c2cc(NCc3cccc(Cl)c3)nc(NC3CC3)n2)c1. The van der Waals surface area contributed by atoms with Gasteiger partial charge in [0, 0.05) is 29.2 Å². The molecule has 1 fully saturated rings. The Morgan fingerprint density at radius 1 is 1.03 bits per heavy atom. The van der Waals surface area contributed by atoms with Crippen molar-refractivity contribution in [2.24, 2.45) is 0 Å². The molecule has 0 atom stereocenters. The van der Waals surface area contributed by atoms with Gasteiger partial charge >= 0.3 is 6.36 Å². The van der Waals surface area contributed by atoms with E-state index in [1.165, 1.54) is 18.2 Å². The fourth-order valence-corrected chi connectivity index (χ4v) is 3.07. The molecule has 2 N–H and O–H groups in total. The summed E-state index contributed by atoms with van der Waals surface area (Å²) in [6, 6.07) is 15.2. The average molecular weight is 435 g/mol. The molecule has 0 aliphatic heterocycles. The minimum Gasteiger partial charge on any atom is -0.406 e. The molecule has 5 nitrogen and oxygen atoms in total. The first kappa shape index (κ1) is 20.3. The first-order valence-electron chi connectivity index (χ1n) is 9.34. The first-order valence-corrected chi connectivity index (χ1v) is 9.72. The maximum Gasteiger partial charge on any atom is 0.573 e. The molecule has 30 heavy (non-hydrogen) atoms. The summed E-state index contributed by atoms with van der Waals surface area (Å²) in [5.74, 6) is 0.666. The number of nitrogens with zero attached hydrogens (tertiary/aromatic N) is 2. The van der Waals surface area contributed by atoms with Gasteiger partial charge in [-0.1, -0.05) is 35.9 Å². The number of hydrogen-bond acceptors (Lipinski definition) is 5. The van der Waals surface area contributed by atoms with Crippen LogP contribution in [0.15, 0.2) is 54.6 Å². The van der Waals surface area contributed by atoms with Crippen LogP contribution < -0.4 is 15.4 Å². The van der Waals surface area contributed by atoms with Crippen LogP contribution in [-0.4, -0.2) is 22.4 Å². The highest BCUT2D eigenvalue weighted by atomic mass is 35.5. The Morgan fingerprint density at radius 2 is 1.83 bits per heavy atom. The van der Waals surface area contributed by atoms with Crippen LogP contribution in [0.1, 0.15) is 18.4 Å². The zero-order valence-electron chi connectivity index (χ0n) is 15.7. The predicted molar refractivity (Wildman–Crippen MR) is 110 cm³/mol. The monoisotopic (exact) mass is 434 g/mol. The summed E-state index contributed by atoms with van der Waals surface area (Å²) in [6.07, 6.45) is -2.69. The number of ether oxygens (including phenoxy) is 1. The van der Waals surface area contributed by atoms with Crippen LogP contribution in [-0.2, 0) is 6.54 Å². The largest absolute Gasteiger partial charge is 0.573 e. The van der Waals surface area contributed by atoms with Crippen molar-refractivity contribution in [1.29, 1.82) is 0 Å². The highest BCUT2D eigenvalue weighted by Crippen LogP contribution is 2.30. The average Bonchev–Trinajstić information content (AvgIpc) is 3.49. The zero-order valence-corrected chi connectivity index (χ0v) is 16.5. The normalized spacial score (nSPS) is 13.7. The Morgan fingerprint density at radius 3 is 2.57 bits per heavy atom. The smallest absolute Gasteiger partial charge is 0.406 e. The van der Waals surface area contributed by atoms with Crippen LogP contribution in [0.4, 0.5) is 24.9 Å². The van der Waals surface area contributed by atoms with Gasteiger partial charge in [0.05, 0.1) is 5.69 Å². The molecule has 0 saturated heterocycles. The van der Waals surface area contributed by atoms with E-state index >= 15 is 0 Å². The summed E-state index contributed by atoms with van der Waals surface area (Å²) in [5.41, 5.74) is 1.94. The third-order valence-corrected chi connectivity index (χ3v) is 4.60. The zero-order chi connectivity index (χ0) is 21.1. The van der Waals surface area contributed by atoms with Gasteiger partial charge in [0.25, 0.3) is 0 Å². The van der Waals surface area contributed by atoms with E-state index in [9.17, 15) is 13.2 Å². The summed E-state index contributed by atoms with van der Waals surface area (Å²) < 4.78 is 41.7. The first-order chi connectivity index (χ1) is 14.3. The van der Waals surface area contributed by atoms with E-state index in [0.717, 1.165) is 18.4 Å². The van der Waals surface area contributed by atoms with Crippen LogP contribution >= 0.6 is 11.6 Å². The van der Waals surface area contributed by atoms with Gasteiger partial charge in [-0.05, 0) is 42.7 Å². The molecule has 1 aromatic heterocycles. The molecule has 2 aromatic carbocycles. The van der Waals surface area contributed by atoms with Gasteiger partial charge in [0.2, 0.25) is 5.95 Å². The van der Waals surface area contributed by atoms with Crippen molar-refractivity contribution in [3.05, 3.63) is 65.2 Å². The van der Waals surface area contributed by atoms with Gasteiger partial charge in [-0.2, -0.15) is 4.98 Å². The standard InChI is InChI=1S/C21H18ClF3N4O/c22-15-5-1-3-13(9-15)12-26-19-11-18(28-20(29-19)27-16-7-8-16)14-4-2-6-17(10-14)30-21(23,24)25/h1-6,9-11,16H,7-8,12H2,(H2,26,27,28,29).